The number of benzene rings is 1. The number of hydrogen-bond donors (Lipinski definition) is 4. The molecule has 5 unspecified atom stereocenters. The molecule has 1 aliphatic heterocycles. The quantitative estimate of drug-likeness (QED) is 0.169. The van der Waals surface area contributed by atoms with Crippen molar-refractivity contribution in [1.82, 2.24) is 9.80 Å². The largest absolute Gasteiger partial charge is 0.508 e. The summed E-state index contributed by atoms with van der Waals surface area (Å²) in [7, 11) is 3.87. The summed E-state index contributed by atoms with van der Waals surface area (Å²) >= 11 is 0. The molecule has 5 rings (SSSR count). The van der Waals surface area contributed by atoms with Gasteiger partial charge in [-0.3, -0.25) is 38.6 Å². The van der Waals surface area contributed by atoms with E-state index in [9.17, 15) is 57.3 Å². The van der Waals surface area contributed by atoms with Gasteiger partial charge in [-0.25, -0.2) is 0 Å². The number of halogens is 3. The van der Waals surface area contributed by atoms with Gasteiger partial charge in [0.2, 0.25) is 0 Å². The van der Waals surface area contributed by atoms with Crippen LogP contribution in [0.15, 0.2) is 23.5 Å². The number of rotatable bonds is 8. The number of primary amides is 1. The first-order valence-electron chi connectivity index (χ1n) is 16.4. The maximum Gasteiger partial charge on any atom is 0.391 e. The number of likely N-dealkylation sites (tertiary alicyclic amines) is 1. The van der Waals surface area contributed by atoms with Gasteiger partial charge >= 0.3 is 18.1 Å². The molecule has 1 aromatic carbocycles. The second-order valence-electron chi connectivity index (χ2n) is 13.9. The van der Waals surface area contributed by atoms with Gasteiger partial charge in [-0.2, -0.15) is 13.2 Å². The molecule has 1 heterocycles. The number of likely N-dealkylation sites (N-methyl/N-ethyl adjacent to an activating group) is 1. The molecular formula is C34H40F3N3O11. The Hall–Kier alpha value is -4.35. The Kier molecular flexibility index (Phi) is 10.1. The van der Waals surface area contributed by atoms with Crippen molar-refractivity contribution in [3.05, 3.63) is 40.2 Å². The minimum atomic E-state index is -4.33. The molecule has 0 radical (unpaired) electrons. The monoisotopic (exact) mass is 723 g/mol. The van der Waals surface area contributed by atoms with Gasteiger partial charge in [-0.05, 0) is 51.5 Å². The molecule has 51 heavy (non-hydrogen) atoms. The fourth-order valence-electron chi connectivity index (χ4n) is 8.31. The number of piperidine rings is 1. The lowest BCUT2D eigenvalue weighted by Crippen LogP contribution is -2.73. The minimum absolute atomic E-state index is 0.0159. The lowest BCUT2D eigenvalue weighted by molar-refractivity contribution is -0.197. The van der Waals surface area contributed by atoms with E-state index >= 15 is 0 Å². The average Bonchev–Trinajstić information content (AvgIpc) is 3.05. The van der Waals surface area contributed by atoms with Crippen LogP contribution in [0.25, 0.3) is 0 Å². The van der Waals surface area contributed by atoms with Crippen LogP contribution >= 0.6 is 0 Å². The highest BCUT2D eigenvalue weighted by atomic mass is 19.4. The predicted molar refractivity (Wildman–Crippen MR) is 168 cm³/mol. The lowest BCUT2D eigenvalue weighted by Gasteiger charge is -2.56. The smallest absolute Gasteiger partial charge is 0.391 e. The number of amides is 1. The van der Waals surface area contributed by atoms with E-state index in [4.69, 9.17) is 10.5 Å². The summed E-state index contributed by atoms with van der Waals surface area (Å²) in [6, 6.07) is 1.44. The zero-order valence-electron chi connectivity index (χ0n) is 28.4. The van der Waals surface area contributed by atoms with Crippen LogP contribution in [0.1, 0.15) is 60.0 Å². The Balaban J connectivity index is 1.61. The third kappa shape index (κ3) is 6.28. The number of esters is 2. The third-order valence-electron chi connectivity index (χ3n) is 10.9. The first-order chi connectivity index (χ1) is 23.8. The number of ketones is 3. The third-order valence-corrected chi connectivity index (χ3v) is 10.9. The van der Waals surface area contributed by atoms with Crippen molar-refractivity contribution in [3.63, 3.8) is 0 Å². The van der Waals surface area contributed by atoms with Crippen LogP contribution < -0.4 is 5.73 Å². The van der Waals surface area contributed by atoms with Crippen LogP contribution in [-0.2, 0) is 40.0 Å². The number of nitrogens with zero attached hydrogens (tertiary/aromatic N) is 2. The van der Waals surface area contributed by atoms with Gasteiger partial charge in [0.05, 0.1) is 49.3 Å². The van der Waals surface area contributed by atoms with E-state index in [-0.39, 0.29) is 49.2 Å². The lowest BCUT2D eigenvalue weighted by atomic mass is 9.51. The summed E-state index contributed by atoms with van der Waals surface area (Å²) in [5.41, 5.74) is 1.30. The van der Waals surface area contributed by atoms with E-state index in [1.807, 2.05) is 0 Å². The van der Waals surface area contributed by atoms with E-state index in [0.717, 1.165) is 7.11 Å². The van der Waals surface area contributed by atoms with Crippen molar-refractivity contribution < 1.29 is 66.7 Å². The Morgan fingerprint density at radius 1 is 1.04 bits per heavy atom. The number of alkyl halides is 3. The maximum atomic E-state index is 14.5. The number of nitrogens with two attached hydrogens (primary N) is 1. The van der Waals surface area contributed by atoms with E-state index in [1.54, 1.807) is 11.8 Å². The molecule has 4 aliphatic rings. The average molecular weight is 724 g/mol. The molecule has 5 N–H and O–H groups in total. The number of carbonyl (C=O) groups is 6. The van der Waals surface area contributed by atoms with Crippen molar-refractivity contribution in [1.29, 1.82) is 0 Å². The van der Waals surface area contributed by atoms with E-state index < -0.39 is 119 Å². The van der Waals surface area contributed by atoms with Crippen LogP contribution in [0.5, 0.6) is 5.75 Å². The highest BCUT2D eigenvalue weighted by Crippen LogP contribution is 2.56. The molecule has 7 atom stereocenters. The van der Waals surface area contributed by atoms with Crippen molar-refractivity contribution >= 4 is 35.2 Å². The molecular weight excluding hydrogens is 683 g/mol. The summed E-state index contributed by atoms with van der Waals surface area (Å²) in [5, 5.41) is 35.0. The fourth-order valence-corrected chi connectivity index (χ4v) is 8.31. The first kappa shape index (κ1) is 37.9. The summed E-state index contributed by atoms with van der Waals surface area (Å²) < 4.78 is 50.1. The van der Waals surface area contributed by atoms with Crippen molar-refractivity contribution in [2.24, 2.45) is 29.4 Å². The number of phenolic OH excluding ortho intramolecular Hbond substituents is 1. The topological polar surface area (TPSA) is 214 Å². The molecule has 0 aromatic heterocycles. The SMILES string of the molecule is COC(=O)CCC(=O)OC1C2C(C(=O)c3c(ccc(CN4CCC(C(F)(F)F)CC4)c3O)C2C)C(=O)[C@]2(O)C(O)=C(C(N)=O)C(=O)[C@@H](N(C)C)C12. The molecule has 3 aliphatic carbocycles. The molecule has 1 aromatic rings. The van der Waals surface area contributed by atoms with E-state index in [0.29, 0.717) is 0 Å². The van der Waals surface area contributed by atoms with Crippen LogP contribution in [-0.4, -0.2) is 119 Å². The highest BCUT2D eigenvalue weighted by molar-refractivity contribution is 6.25. The van der Waals surface area contributed by atoms with E-state index in [2.05, 4.69) is 4.74 Å². The Morgan fingerprint density at radius 3 is 2.20 bits per heavy atom. The number of aliphatic hydroxyl groups excluding tert-OH is 1. The number of aliphatic hydroxyl groups is 2. The van der Waals surface area contributed by atoms with Gasteiger partial charge in [0, 0.05) is 18.0 Å². The first-order valence-corrected chi connectivity index (χ1v) is 16.4. The van der Waals surface area contributed by atoms with Crippen LogP contribution in [0.2, 0.25) is 0 Å². The Morgan fingerprint density at radius 2 is 1.65 bits per heavy atom. The van der Waals surface area contributed by atoms with Crippen LogP contribution in [0.3, 0.4) is 0 Å². The number of ether oxygens (including phenoxy) is 2. The molecule has 17 heteroatoms. The zero-order valence-corrected chi connectivity index (χ0v) is 28.4. The van der Waals surface area contributed by atoms with Crippen molar-refractivity contribution in [2.75, 3.05) is 34.3 Å². The summed E-state index contributed by atoms with van der Waals surface area (Å²) in [6.45, 7) is 1.71. The zero-order chi connectivity index (χ0) is 37.9. The molecule has 14 nitrogen and oxygen atoms in total. The predicted octanol–water partition coefficient (Wildman–Crippen LogP) is 1.30. The molecule has 2 fully saturated rings. The molecule has 278 valence electrons. The van der Waals surface area contributed by atoms with Gasteiger partial charge in [0.15, 0.2) is 23.0 Å². The Bertz CT molecular complexity index is 1700. The molecule has 0 spiro atoms. The minimum Gasteiger partial charge on any atom is -0.508 e. The number of methoxy groups -OCH3 is 1. The Labute approximate surface area is 290 Å². The highest BCUT2D eigenvalue weighted by Gasteiger charge is 2.71. The molecule has 1 saturated heterocycles. The molecule has 1 saturated carbocycles. The van der Waals surface area contributed by atoms with Gasteiger partial charge < -0.3 is 30.5 Å². The standard InChI is InChI=1S/C34H40F3N3O11/c1-14-17-6-5-15(13-40-11-9-16(10-12-40)34(35,36)37)26(43)21(17)27(44)22-20(14)29(51-19(42)8-7-18(41)50-4)24-25(39(2)3)28(45)23(32(38)48)31(47)33(24,49)30(22)46/h5-6,14,16,20,22,24-25,29,43,47,49H,7-13H2,1-4H3,(H2,38,48)/t14?,20?,22?,24?,25-,29?,33-/m0/s1. The fraction of sp³-hybridized carbons (Fsp3) is 0.588. The number of carbonyl (C=O) groups excluding carboxylic acids is 6. The van der Waals surface area contributed by atoms with Gasteiger partial charge in [-0.15, -0.1) is 0 Å². The number of phenols is 1. The van der Waals surface area contributed by atoms with Gasteiger partial charge in [0.1, 0.15) is 23.2 Å². The maximum absolute atomic E-state index is 14.5. The van der Waals surface area contributed by atoms with Crippen molar-refractivity contribution in [3.8, 4) is 5.75 Å². The number of Topliss-reactive ketones (excluding diaryl/α,β-unsaturated/α-hetero) is 3. The summed E-state index contributed by atoms with van der Waals surface area (Å²) in [5.74, 6) is -15.9. The molecule has 1 amide bonds. The number of fused-ring (bicyclic) bond motifs is 3. The van der Waals surface area contributed by atoms with Crippen LogP contribution in [0, 0.1) is 23.7 Å². The van der Waals surface area contributed by atoms with Crippen LogP contribution in [0.4, 0.5) is 13.2 Å². The summed E-state index contributed by atoms with van der Waals surface area (Å²) in [4.78, 5) is 83.0. The normalized spacial score (nSPS) is 30.1. The second kappa shape index (κ2) is 13.7. The summed E-state index contributed by atoms with van der Waals surface area (Å²) in [6.07, 6.45) is -7.24. The van der Waals surface area contributed by atoms with Gasteiger partial charge in [0.25, 0.3) is 5.91 Å². The number of hydrogen-bond acceptors (Lipinski definition) is 13. The second-order valence-corrected chi connectivity index (χ2v) is 13.9. The van der Waals surface area contributed by atoms with Gasteiger partial charge in [-0.1, -0.05) is 19.1 Å². The molecule has 0 bridgehead atoms. The van der Waals surface area contributed by atoms with Crippen molar-refractivity contribution in [2.45, 2.75) is 69.0 Å². The number of aromatic hydroxyl groups is 1. The van der Waals surface area contributed by atoms with E-state index in [1.165, 1.54) is 31.1 Å².